The van der Waals surface area contributed by atoms with E-state index in [1.54, 1.807) is 31.2 Å². The largest absolute Gasteiger partial charge is 0.463 e. The molecule has 1 saturated heterocycles. The van der Waals surface area contributed by atoms with Gasteiger partial charge in [-0.25, -0.2) is 4.79 Å². The summed E-state index contributed by atoms with van der Waals surface area (Å²) >= 11 is 0. The highest BCUT2D eigenvalue weighted by Gasteiger charge is 2.31. The molecule has 112 valence electrons. The van der Waals surface area contributed by atoms with Crippen LogP contribution in [0.3, 0.4) is 0 Å². The van der Waals surface area contributed by atoms with Gasteiger partial charge < -0.3 is 14.3 Å². The summed E-state index contributed by atoms with van der Waals surface area (Å²) in [5.74, 6) is -1.26. The molecule has 2 rings (SSSR count). The van der Waals surface area contributed by atoms with Crippen LogP contribution in [0.25, 0.3) is 0 Å². The van der Waals surface area contributed by atoms with E-state index in [2.05, 4.69) is 0 Å². The molecule has 1 aliphatic rings. The maximum absolute atomic E-state index is 12.1. The van der Waals surface area contributed by atoms with E-state index in [9.17, 15) is 14.4 Å². The predicted octanol–water partition coefficient (Wildman–Crippen LogP) is 2.14. The van der Waals surface area contributed by atoms with E-state index in [1.165, 1.54) is 0 Å². The number of rotatable bonds is 3. The average molecular weight is 290 g/mol. The Kier molecular flexibility index (Phi) is 5.09. The second kappa shape index (κ2) is 7.02. The molecule has 1 aromatic rings. The molecule has 5 heteroatoms. The van der Waals surface area contributed by atoms with Gasteiger partial charge >= 0.3 is 11.9 Å². The SMILES string of the molecule is C[C@@H]1C[C@@H](OC(=O)c2ccccc2)[C@H](C=O)CCC(=O)O1. The van der Waals surface area contributed by atoms with Crippen LogP contribution in [0, 0.1) is 5.92 Å². The molecule has 0 unspecified atom stereocenters. The zero-order valence-electron chi connectivity index (χ0n) is 11.9. The minimum Gasteiger partial charge on any atom is -0.463 e. The molecule has 3 atom stereocenters. The van der Waals surface area contributed by atoms with Crippen molar-refractivity contribution in [2.75, 3.05) is 0 Å². The summed E-state index contributed by atoms with van der Waals surface area (Å²) in [7, 11) is 0. The highest BCUT2D eigenvalue weighted by Crippen LogP contribution is 2.23. The van der Waals surface area contributed by atoms with Crippen molar-refractivity contribution in [1.29, 1.82) is 0 Å². The van der Waals surface area contributed by atoms with E-state index in [0.29, 0.717) is 18.4 Å². The van der Waals surface area contributed by atoms with Crippen LogP contribution in [0.1, 0.15) is 36.5 Å². The lowest BCUT2D eigenvalue weighted by atomic mass is 9.93. The molecular weight excluding hydrogens is 272 g/mol. The third-order valence-corrected chi connectivity index (χ3v) is 3.50. The predicted molar refractivity (Wildman–Crippen MR) is 74.6 cm³/mol. The van der Waals surface area contributed by atoms with Crippen molar-refractivity contribution in [3.8, 4) is 0 Å². The van der Waals surface area contributed by atoms with Crippen molar-refractivity contribution in [2.45, 2.75) is 38.4 Å². The standard InChI is InChI=1S/C16H18O5/c1-11-9-14(13(10-17)7-8-15(18)20-11)21-16(19)12-5-3-2-4-6-12/h2-6,10-11,13-14H,7-9H2,1H3/t11-,13+,14-/m1/s1. The number of hydrogen-bond acceptors (Lipinski definition) is 5. The van der Waals surface area contributed by atoms with Crippen LogP contribution < -0.4 is 0 Å². The Hall–Kier alpha value is -2.17. The van der Waals surface area contributed by atoms with Gasteiger partial charge in [-0.3, -0.25) is 4.79 Å². The van der Waals surface area contributed by atoms with E-state index in [-0.39, 0.29) is 18.5 Å². The molecule has 1 fully saturated rings. The molecule has 0 aromatic heterocycles. The Morgan fingerprint density at radius 1 is 1.33 bits per heavy atom. The van der Waals surface area contributed by atoms with E-state index in [0.717, 1.165) is 6.29 Å². The van der Waals surface area contributed by atoms with Crippen LogP contribution in [0.5, 0.6) is 0 Å². The van der Waals surface area contributed by atoms with Crippen molar-refractivity contribution >= 4 is 18.2 Å². The van der Waals surface area contributed by atoms with Gasteiger partial charge in [0.25, 0.3) is 0 Å². The van der Waals surface area contributed by atoms with Crippen LogP contribution >= 0.6 is 0 Å². The van der Waals surface area contributed by atoms with E-state index >= 15 is 0 Å². The molecular formula is C16H18O5. The molecule has 0 radical (unpaired) electrons. The minimum absolute atomic E-state index is 0.160. The van der Waals surface area contributed by atoms with Crippen LogP contribution in [-0.2, 0) is 19.1 Å². The maximum atomic E-state index is 12.1. The van der Waals surface area contributed by atoms with Gasteiger partial charge in [-0.2, -0.15) is 0 Å². The first-order valence-corrected chi connectivity index (χ1v) is 7.01. The highest BCUT2D eigenvalue weighted by molar-refractivity contribution is 5.89. The molecule has 0 bridgehead atoms. The third-order valence-electron chi connectivity index (χ3n) is 3.50. The molecule has 5 nitrogen and oxygen atoms in total. The fourth-order valence-electron chi connectivity index (χ4n) is 2.37. The number of esters is 2. The number of ether oxygens (including phenoxy) is 2. The van der Waals surface area contributed by atoms with Gasteiger partial charge in [0.05, 0.1) is 11.5 Å². The van der Waals surface area contributed by atoms with E-state index in [4.69, 9.17) is 9.47 Å². The summed E-state index contributed by atoms with van der Waals surface area (Å²) in [6, 6.07) is 8.62. The second-order valence-electron chi connectivity index (χ2n) is 5.18. The first-order chi connectivity index (χ1) is 10.1. The molecule has 0 aliphatic carbocycles. The molecule has 0 spiro atoms. The zero-order chi connectivity index (χ0) is 15.2. The smallest absolute Gasteiger partial charge is 0.338 e. The van der Waals surface area contributed by atoms with E-state index in [1.807, 2.05) is 6.07 Å². The fraction of sp³-hybridized carbons (Fsp3) is 0.438. The van der Waals surface area contributed by atoms with Crippen LogP contribution in [0.4, 0.5) is 0 Å². The second-order valence-corrected chi connectivity index (χ2v) is 5.18. The first kappa shape index (κ1) is 15.2. The number of cyclic esters (lactones) is 1. The fourth-order valence-corrected chi connectivity index (χ4v) is 2.37. The Balaban J connectivity index is 2.09. The van der Waals surface area contributed by atoms with Crippen molar-refractivity contribution in [3.05, 3.63) is 35.9 Å². The normalized spacial score (nSPS) is 26.1. The summed E-state index contributed by atoms with van der Waals surface area (Å²) in [6.45, 7) is 1.73. The average Bonchev–Trinajstić information content (AvgIpc) is 2.47. The Labute approximate surface area is 123 Å². The van der Waals surface area contributed by atoms with Gasteiger partial charge in [-0.1, -0.05) is 18.2 Å². The van der Waals surface area contributed by atoms with Crippen molar-refractivity contribution in [3.63, 3.8) is 0 Å². The zero-order valence-corrected chi connectivity index (χ0v) is 11.9. The Bertz CT molecular complexity index is 511. The molecule has 1 heterocycles. The van der Waals surface area contributed by atoms with Crippen LogP contribution in [0.15, 0.2) is 30.3 Å². The number of hydrogen-bond donors (Lipinski definition) is 0. The van der Waals surface area contributed by atoms with Crippen molar-refractivity contribution < 1.29 is 23.9 Å². The van der Waals surface area contributed by atoms with Crippen LogP contribution in [0.2, 0.25) is 0 Å². The summed E-state index contributed by atoms with van der Waals surface area (Å²) in [5.41, 5.74) is 0.439. The number of benzene rings is 1. The molecule has 1 aromatic carbocycles. The molecule has 0 amide bonds. The molecule has 0 N–H and O–H groups in total. The Morgan fingerprint density at radius 3 is 2.71 bits per heavy atom. The lowest BCUT2D eigenvalue weighted by Crippen LogP contribution is -2.35. The molecule has 21 heavy (non-hydrogen) atoms. The Morgan fingerprint density at radius 2 is 2.05 bits per heavy atom. The van der Waals surface area contributed by atoms with Gasteiger partial charge in [-0.15, -0.1) is 0 Å². The topological polar surface area (TPSA) is 69.7 Å². The van der Waals surface area contributed by atoms with Gasteiger partial charge in [0.15, 0.2) is 0 Å². The number of carbonyl (C=O) groups excluding carboxylic acids is 3. The van der Waals surface area contributed by atoms with Gasteiger partial charge in [0, 0.05) is 12.8 Å². The minimum atomic E-state index is -0.571. The summed E-state index contributed by atoms with van der Waals surface area (Å²) in [6.07, 6.45) is 0.629. The van der Waals surface area contributed by atoms with Gasteiger partial charge in [0.1, 0.15) is 18.5 Å². The molecule has 0 saturated carbocycles. The molecule has 1 aliphatic heterocycles. The lowest BCUT2D eigenvalue weighted by molar-refractivity contribution is -0.152. The van der Waals surface area contributed by atoms with Crippen molar-refractivity contribution in [2.24, 2.45) is 5.92 Å². The monoisotopic (exact) mass is 290 g/mol. The summed E-state index contributed by atoms with van der Waals surface area (Å²) in [5, 5.41) is 0. The summed E-state index contributed by atoms with van der Waals surface area (Å²) < 4.78 is 10.6. The summed E-state index contributed by atoms with van der Waals surface area (Å²) in [4.78, 5) is 34.7. The number of aldehydes is 1. The van der Waals surface area contributed by atoms with Crippen molar-refractivity contribution in [1.82, 2.24) is 0 Å². The number of carbonyl (C=O) groups is 3. The van der Waals surface area contributed by atoms with E-state index < -0.39 is 18.0 Å². The van der Waals surface area contributed by atoms with Crippen LogP contribution in [-0.4, -0.2) is 30.4 Å². The maximum Gasteiger partial charge on any atom is 0.338 e. The third kappa shape index (κ3) is 4.15. The highest BCUT2D eigenvalue weighted by atomic mass is 16.6. The van der Waals surface area contributed by atoms with Gasteiger partial charge in [-0.05, 0) is 25.5 Å². The lowest BCUT2D eigenvalue weighted by Gasteiger charge is -2.28. The van der Waals surface area contributed by atoms with Gasteiger partial charge in [0.2, 0.25) is 0 Å². The quantitative estimate of drug-likeness (QED) is 0.630. The first-order valence-electron chi connectivity index (χ1n) is 7.01.